The van der Waals surface area contributed by atoms with Gasteiger partial charge in [-0.05, 0) is 37.6 Å². The molecule has 0 saturated carbocycles. The number of nitrogens with zero attached hydrogens (tertiary/aromatic N) is 1. The summed E-state index contributed by atoms with van der Waals surface area (Å²) in [5.74, 6) is -1.96. The summed E-state index contributed by atoms with van der Waals surface area (Å²) in [6.07, 6.45) is 0.762. The van der Waals surface area contributed by atoms with Crippen LogP contribution in [-0.2, 0) is 14.3 Å². The van der Waals surface area contributed by atoms with Gasteiger partial charge in [-0.2, -0.15) is 0 Å². The van der Waals surface area contributed by atoms with Gasteiger partial charge in [0.15, 0.2) is 0 Å². The van der Waals surface area contributed by atoms with Crippen LogP contribution in [0, 0.1) is 12.7 Å². The zero-order valence-corrected chi connectivity index (χ0v) is 13.2. The minimum absolute atomic E-state index is 0.304. The van der Waals surface area contributed by atoms with E-state index in [0.717, 1.165) is 39.3 Å². The van der Waals surface area contributed by atoms with E-state index in [4.69, 9.17) is 4.74 Å². The van der Waals surface area contributed by atoms with Gasteiger partial charge in [0.25, 0.3) is 0 Å². The summed E-state index contributed by atoms with van der Waals surface area (Å²) in [4.78, 5) is 25.8. The molecule has 0 unspecified atom stereocenters. The molecule has 1 aliphatic rings. The van der Waals surface area contributed by atoms with Crippen molar-refractivity contribution in [1.82, 2.24) is 10.2 Å². The first-order valence-electron chi connectivity index (χ1n) is 7.71. The molecule has 23 heavy (non-hydrogen) atoms. The topological polar surface area (TPSA) is 70.7 Å². The fraction of sp³-hybridized carbons (Fsp3) is 0.500. The van der Waals surface area contributed by atoms with Gasteiger partial charge in [0, 0.05) is 25.3 Å². The molecule has 0 spiro atoms. The standard InChI is InChI=1S/C16H22FN3O3/c1-12-3-4-13(17)11-14(12)19-16(22)15(21)18-5-2-6-20-7-9-23-10-8-20/h3-4,11H,2,5-10H2,1H3,(H,18,21)(H,19,22). The van der Waals surface area contributed by atoms with Gasteiger partial charge in [0.2, 0.25) is 0 Å². The molecule has 0 atom stereocenters. The molecule has 1 aromatic rings. The van der Waals surface area contributed by atoms with Crippen LogP contribution in [0.25, 0.3) is 0 Å². The molecule has 1 saturated heterocycles. The third kappa shape index (κ3) is 5.61. The van der Waals surface area contributed by atoms with Gasteiger partial charge in [0.1, 0.15) is 5.82 Å². The summed E-state index contributed by atoms with van der Waals surface area (Å²) in [6.45, 7) is 6.28. The molecule has 1 heterocycles. The lowest BCUT2D eigenvalue weighted by molar-refractivity contribution is -0.136. The van der Waals surface area contributed by atoms with Crippen molar-refractivity contribution in [1.29, 1.82) is 0 Å². The summed E-state index contributed by atoms with van der Waals surface area (Å²) in [6, 6.07) is 4.04. The Balaban J connectivity index is 1.70. The highest BCUT2D eigenvalue weighted by molar-refractivity contribution is 6.39. The number of carbonyl (C=O) groups is 2. The second-order valence-corrected chi connectivity index (χ2v) is 5.48. The van der Waals surface area contributed by atoms with Crippen LogP contribution in [0.15, 0.2) is 18.2 Å². The Morgan fingerprint density at radius 2 is 2.00 bits per heavy atom. The third-order valence-corrected chi connectivity index (χ3v) is 3.69. The van der Waals surface area contributed by atoms with Crippen LogP contribution in [-0.4, -0.2) is 56.1 Å². The molecule has 2 rings (SSSR count). The van der Waals surface area contributed by atoms with Crippen molar-refractivity contribution >= 4 is 17.5 Å². The van der Waals surface area contributed by atoms with Crippen LogP contribution < -0.4 is 10.6 Å². The lowest BCUT2D eigenvalue weighted by Gasteiger charge is -2.26. The Bertz CT molecular complexity index is 560. The number of morpholine rings is 1. The second kappa shape index (κ2) is 8.59. The van der Waals surface area contributed by atoms with Crippen LogP contribution in [0.3, 0.4) is 0 Å². The van der Waals surface area contributed by atoms with Gasteiger partial charge in [-0.15, -0.1) is 0 Å². The molecule has 0 aromatic heterocycles. The van der Waals surface area contributed by atoms with Crippen LogP contribution in [0.1, 0.15) is 12.0 Å². The molecule has 2 amide bonds. The van der Waals surface area contributed by atoms with E-state index in [1.807, 2.05) is 0 Å². The predicted octanol–water partition coefficient (Wildman–Crippen LogP) is 0.911. The number of hydrogen-bond donors (Lipinski definition) is 2. The average molecular weight is 323 g/mol. The maximum absolute atomic E-state index is 13.2. The summed E-state index contributed by atoms with van der Waals surface area (Å²) >= 11 is 0. The molecule has 1 aliphatic heterocycles. The molecule has 1 fully saturated rings. The Morgan fingerprint density at radius 1 is 1.26 bits per heavy atom. The van der Waals surface area contributed by atoms with Crippen LogP contribution in [0.2, 0.25) is 0 Å². The third-order valence-electron chi connectivity index (χ3n) is 3.69. The smallest absolute Gasteiger partial charge is 0.313 e. The lowest BCUT2D eigenvalue weighted by atomic mass is 10.2. The molecular formula is C16H22FN3O3. The van der Waals surface area contributed by atoms with E-state index in [0.29, 0.717) is 17.8 Å². The van der Waals surface area contributed by atoms with Gasteiger partial charge in [-0.1, -0.05) is 6.07 Å². The highest BCUT2D eigenvalue weighted by Crippen LogP contribution is 2.15. The molecular weight excluding hydrogens is 301 g/mol. The normalized spacial score (nSPS) is 15.2. The molecule has 6 nitrogen and oxygen atoms in total. The summed E-state index contributed by atoms with van der Waals surface area (Å²) in [5, 5.41) is 5.00. The van der Waals surface area contributed by atoms with Gasteiger partial charge >= 0.3 is 11.8 Å². The van der Waals surface area contributed by atoms with E-state index in [-0.39, 0.29) is 0 Å². The highest BCUT2D eigenvalue weighted by Gasteiger charge is 2.15. The summed E-state index contributed by atoms with van der Waals surface area (Å²) in [5.41, 5.74) is 0.998. The number of aryl methyl sites for hydroxylation is 1. The van der Waals surface area contributed by atoms with Crippen molar-refractivity contribution in [2.75, 3.05) is 44.7 Å². The van der Waals surface area contributed by atoms with Crippen LogP contribution in [0.4, 0.5) is 10.1 Å². The number of hydrogen-bond acceptors (Lipinski definition) is 4. The van der Waals surface area contributed by atoms with Crippen molar-refractivity contribution in [2.45, 2.75) is 13.3 Å². The highest BCUT2D eigenvalue weighted by atomic mass is 19.1. The molecule has 1 aromatic carbocycles. The lowest BCUT2D eigenvalue weighted by Crippen LogP contribution is -2.39. The largest absolute Gasteiger partial charge is 0.379 e. The number of nitrogens with one attached hydrogen (secondary N) is 2. The van der Waals surface area contributed by atoms with Crippen molar-refractivity contribution in [2.24, 2.45) is 0 Å². The van der Waals surface area contributed by atoms with Crippen molar-refractivity contribution in [3.63, 3.8) is 0 Å². The Hall–Kier alpha value is -1.99. The summed E-state index contributed by atoms with van der Waals surface area (Å²) < 4.78 is 18.4. The SMILES string of the molecule is Cc1ccc(F)cc1NC(=O)C(=O)NCCCN1CCOCC1. The first kappa shape index (κ1) is 17.4. The van der Waals surface area contributed by atoms with E-state index in [9.17, 15) is 14.0 Å². The zero-order valence-electron chi connectivity index (χ0n) is 13.2. The number of amides is 2. The van der Waals surface area contributed by atoms with Gasteiger partial charge in [0.05, 0.1) is 13.2 Å². The Labute approximate surface area is 135 Å². The molecule has 0 aliphatic carbocycles. The second-order valence-electron chi connectivity index (χ2n) is 5.48. The molecule has 0 bridgehead atoms. The summed E-state index contributed by atoms with van der Waals surface area (Å²) in [7, 11) is 0. The van der Waals surface area contributed by atoms with Gasteiger partial charge < -0.3 is 15.4 Å². The van der Waals surface area contributed by atoms with E-state index >= 15 is 0 Å². The van der Waals surface area contributed by atoms with Crippen molar-refractivity contribution < 1.29 is 18.7 Å². The van der Waals surface area contributed by atoms with E-state index in [2.05, 4.69) is 15.5 Å². The zero-order chi connectivity index (χ0) is 16.7. The number of halogens is 1. The van der Waals surface area contributed by atoms with Crippen LogP contribution >= 0.6 is 0 Å². The number of rotatable bonds is 5. The van der Waals surface area contributed by atoms with Crippen LogP contribution in [0.5, 0.6) is 0 Å². The maximum Gasteiger partial charge on any atom is 0.313 e. The maximum atomic E-state index is 13.2. The number of anilines is 1. The minimum atomic E-state index is -0.787. The number of benzene rings is 1. The monoisotopic (exact) mass is 323 g/mol. The Kier molecular flexibility index (Phi) is 6.49. The number of ether oxygens (including phenoxy) is 1. The fourth-order valence-corrected chi connectivity index (χ4v) is 2.32. The predicted molar refractivity (Wildman–Crippen MR) is 84.7 cm³/mol. The number of carbonyl (C=O) groups excluding carboxylic acids is 2. The van der Waals surface area contributed by atoms with E-state index in [1.165, 1.54) is 12.1 Å². The molecule has 0 radical (unpaired) electrons. The Morgan fingerprint density at radius 3 is 2.74 bits per heavy atom. The van der Waals surface area contributed by atoms with E-state index < -0.39 is 17.6 Å². The minimum Gasteiger partial charge on any atom is -0.379 e. The molecule has 126 valence electrons. The first-order chi connectivity index (χ1) is 11.1. The van der Waals surface area contributed by atoms with Gasteiger partial charge in [-0.25, -0.2) is 4.39 Å². The van der Waals surface area contributed by atoms with Gasteiger partial charge in [-0.3, -0.25) is 14.5 Å². The van der Waals surface area contributed by atoms with Crippen molar-refractivity contribution in [3.05, 3.63) is 29.6 Å². The quantitative estimate of drug-likeness (QED) is 0.624. The average Bonchev–Trinajstić information content (AvgIpc) is 2.55. The van der Waals surface area contributed by atoms with Crippen molar-refractivity contribution in [3.8, 4) is 0 Å². The first-order valence-corrected chi connectivity index (χ1v) is 7.71. The molecule has 2 N–H and O–H groups in total. The fourth-order valence-electron chi connectivity index (χ4n) is 2.32. The van der Waals surface area contributed by atoms with E-state index in [1.54, 1.807) is 13.0 Å². The molecule has 7 heteroatoms.